The fraction of sp³-hybridized carbons (Fsp3) is 0.156. The van der Waals surface area contributed by atoms with Crippen molar-refractivity contribution in [3.8, 4) is 6.07 Å². The molecule has 0 saturated heterocycles. The van der Waals surface area contributed by atoms with Gasteiger partial charge < -0.3 is 9.64 Å². The highest BCUT2D eigenvalue weighted by Crippen LogP contribution is 2.46. The Hall–Kier alpha value is -6.10. The van der Waals surface area contributed by atoms with Gasteiger partial charge in [0.05, 0.1) is 12.6 Å². The minimum atomic E-state index is -0.897. The lowest BCUT2D eigenvalue weighted by atomic mass is 9.79. The van der Waals surface area contributed by atoms with E-state index in [1.54, 1.807) is 0 Å². The quantitative estimate of drug-likeness (QED) is 0.132. The molecule has 0 unspecified atom stereocenters. The predicted octanol–water partition coefficient (Wildman–Crippen LogP) is 11.3. The third-order valence-corrected chi connectivity index (χ3v) is 9.55. The molecule has 4 nitrogen and oxygen atoms in total. The van der Waals surface area contributed by atoms with Crippen molar-refractivity contribution >= 4 is 23.1 Å². The molecule has 0 atom stereocenters. The van der Waals surface area contributed by atoms with Crippen LogP contribution in [0.1, 0.15) is 52.6 Å². The van der Waals surface area contributed by atoms with Gasteiger partial charge in [-0.1, -0.05) is 109 Å². The van der Waals surface area contributed by atoms with Crippen molar-refractivity contribution in [3.05, 3.63) is 201 Å². The number of hydrogen-bond donors (Lipinski definition) is 0. The molecule has 238 valence electrons. The minimum Gasteiger partial charge on any atom is -0.478 e. The third kappa shape index (κ3) is 6.42. The summed E-state index contributed by atoms with van der Waals surface area (Å²) < 4.78 is 6.90. The first-order valence-corrected chi connectivity index (χ1v) is 16.9. The van der Waals surface area contributed by atoms with Crippen molar-refractivity contribution in [3.63, 3.8) is 0 Å². The zero-order valence-corrected chi connectivity index (χ0v) is 27.6. The van der Waals surface area contributed by atoms with Crippen molar-refractivity contribution in [1.29, 1.82) is 5.26 Å². The first kappa shape index (κ1) is 31.5. The van der Waals surface area contributed by atoms with Crippen molar-refractivity contribution < 1.29 is 4.74 Å². The van der Waals surface area contributed by atoms with Crippen LogP contribution in [-0.4, -0.2) is 0 Å². The number of rotatable bonds is 7. The molecule has 0 amide bonds. The minimum absolute atomic E-state index is 0.0779. The third-order valence-electron chi connectivity index (χ3n) is 9.55. The van der Waals surface area contributed by atoms with Gasteiger partial charge in [-0.05, 0) is 97.4 Å². The molecule has 5 aromatic rings. The lowest BCUT2D eigenvalue weighted by molar-refractivity contribution is 0.0348. The highest BCUT2D eigenvalue weighted by atomic mass is 16.5. The first-order chi connectivity index (χ1) is 24.1. The van der Waals surface area contributed by atoms with Gasteiger partial charge >= 0.3 is 0 Å². The van der Waals surface area contributed by atoms with Crippen LogP contribution in [0.25, 0.3) is 10.9 Å². The van der Waals surface area contributed by atoms with Crippen LogP contribution in [0.3, 0.4) is 0 Å². The highest BCUT2D eigenvalue weighted by molar-refractivity contribution is 5.80. The van der Waals surface area contributed by atoms with Gasteiger partial charge in [0.1, 0.15) is 5.76 Å². The van der Waals surface area contributed by atoms with Crippen molar-refractivity contribution in [2.24, 2.45) is 0 Å². The van der Waals surface area contributed by atoms with E-state index in [1.807, 2.05) is 78.9 Å². The molecule has 0 N–H and O–H groups in total. The van der Waals surface area contributed by atoms with Crippen LogP contribution in [-0.2, 0) is 23.2 Å². The maximum Gasteiger partial charge on any atom is 0.265 e. The summed E-state index contributed by atoms with van der Waals surface area (Å²) in [4.78, 5) is 5.96. The van der Waals surface area contributed by atoms with E-state index in [9.17, 15) is 5.26 Å². The van der Waals surface area contributed by atoms with E-state index in [0.717, 1.165) is 40.9 Å². The molecule has 0 radical (unpaired) electrons. The van der Waals surface area contributed by atoms with E-state index < -0.39 is 5.60 Å². The van der Waals surface area contributed by atoms with Crippen LogP contribution in [0, 0.1) is 24.8 Å². The zero-order chi connectivity index (χ0) is 33.6. The van der Waals surface area contributed by atoms with Crippen molar-refractivity contribution in [2.75, 3.05) is 4.90 Å². The van der Waals surface area contributed by atoms with Crippen LogP contribution >= 0.6 is 0 Å². The summed E-state index contributed by atoms with van der Waals surface area (Å²) in [5, 5.41) is 9.88. The lowest BCUT2D eigenvalue weighted by Crippen LogP contribution is -2.34. The van der Waals surface area contributed by atoms with Gasteiger partial charge in [0, 0.05) is 34.6 Å². The van der Waals surface area contributed by atoms with Crippen LogP contribution < -0.4 is 4.90 Å². The molecule has 4 heteroatoms. The Morgan fingerprint density at radius 2 is 1.41 bits per heavy atom. The van der Waals surface area contributed by atoms with E-state index in [-0.39, 0.29) is 5.70 Å². The summed E-state index contributed by atoms with van der Waals surface area (Å²) in [7, 11) is 0. The highest BCUT2D eigenvalue weighted by Gasteiger charge is 2.40. The van der Waals surface area contributed by atoms with Gasteiger partial charge in [-0.2, -0.15) is 0 Å². The van der Waals surface area contributed by atoms with Gasteiger partial charge in [-0.25, -0.2) is 10.1 Å². The van der Waals surface area contributed by atoms with Crippen LogP contribution in [0.4, 0.5) is 17.1 Å². The van der Waals surface area contributed by atoms with Crippen molar-refractivity contribution in [1.82, 2.24) is 0 Å². The molecular formula is C45H37N3O. The van der Waals surface area contributed by atoms with E-state index in [2.05, 4.69) is 89.5 Å². The fourth-order valence-electron chi connectivity index (χ4n) is 7.07. The SMILES string of the molecule is [C-]#[N+]/C(C#N)=C1C=C(/C=C/c2ccc(N(c3ccc(C)cc3)c3cccc4c3CCCC4)cc2)OC(c2ccccc2)(c2ccccc2)C\1. The number of hydrogen-bond acceptors (Lipinski definition) is 3. The first-order valence-electron chi connectivity index (χ1n) is 16.9. The Morgan fingerprint density at radius 1 is 0.776 bits per heavy atom. The number of aryl methyl sites for hydroxylation is 2. The smallest absolute Gasteiger partial charge is 0.265 e. The van der Waals surface area contributed by atoms with E-state index in [0.29, 0.717) is 17.8 Å². The topological polar surface area (TPSA) is 40.6 Å². The second-order valence-corrected chi connectivity index (χ2v) is 12.7. The van der Waals surface area contributed by atoms with E-state index >= 15 is 0 Å². The number of nitrogens with zero attached hydrogens (tertiary/aromatic N) is 3. The number of ether oxygens (including phenoxy) is 1. The maximum atomic E-state index is 9.88. The van der Waals surface area contributed by atoms with Gasteiger partial charge in [0.15, 0.2) is 5.60 Å². The largest absolute Gasteiger partial charge is 0.478 e. The molecule has 5 aromatic carbocycles. The van der Waals surface area contributed by atoms with Crippen molar-refractivity contribution in [2.45, 2.75) is 44.6 Å². The molecule has 49 heavy (non-hydrogen) atoms. The second kappa shape index (κ2) is 13.9. The second-order valence-electron chi connectivity index (χ2n) is 12.7. The number of anilines is 3. The molecule has 0 saturated carbocycles. The Morgan fingerprint density at radius 3 is 2.04 bits per heavy atom. The summed E-state index contributed by atoms with van der Waals surface area (Å²) in [6.07, 6.45) is 10.9. The van der Waals surface area contributed by atoms with Gasteiger partial charge in [0.25, 0.3) is 5.70 Å². The zero-order valence-electron chi connectivity index (χ0n) is 27.6. The molecule has 1 heterocycles. The Labute approximate surface area is 289 Å². The summed E-state index contributed by atoms with van der Waals surface area (Å²) in [6, 6.07) is 46.3. The van der Waals surface area contributed by atoms with Crippen LogP contribution in [0.5, 0.6) is 0 Å². The summed E-state index contributed by atoms with van der Waals surface area (Å²) in [5.74, 6) is 0.589. The lowest BCUT2D eigenvalue weighted by Gasteiger charge is -2.39. The summed E-state index contributed by atoms with van der Waals surface area (Å²) in [6.45, 7) is 9.85. The number of fused-ring (bicyclic) bond motifs is 1. The van der Waals surface area contributed by atoms with Gasteiger partial charge in [-0.3, -0.25) is 0 Å². The fourth-order valence-corrected chi connectivity index (χ4v) is 7.07. The van der Waals surface area contributed by atoms with Gasteiger partial charge in [0.2, 0.25) is 0 Å². The normalized spacial score (nSPS) is 16.0. The van der Waals surface area contributed by atoms with Crippen LogP contribution in [0.15, 0.2) is 157 Å². The monoisotopic (exact) mass is 635 g/mol. The molecular weight excluding hydrogens is 599 g/mol. The Kier molecular flexibility index (Phi) is 8.96. The average molecular weight is 636 g/mol. The molecule has 1 aliphatic heterocycles. The Bertz CT molecular complexity index is 2070. The average Bonchev–Trinajstić information content (AvgIpc) is 3.16. The molecule has 0 spiro atoms. The molecule has 0 bridgehead atoms. The van der Waals surface area contributed by atoms with E-state index in [1.165, 1.54) is 35.2 Å². The number of benzene rings is 5. The summed E-state index contributed by atoms with van der Waals surface area (Å²) in [5.41, 5.74) is 10.4. The maximum absolute atomic E-state index is 9.88. The Balaban J connectivity index is 1.26. The number of allylic oxidation sites excluding steroid dienone is 3. The molecule has 1 aliphatic carbocycles. The summed E-state index contributed by atoms with van der Waals surface area (Å²) >= 11 is 0. The standard InChI is InChI=1S/C45H37N3O/c1-33-20-25-39(26-21-33)48(44-19-11-13-35-12-9-10-18-42(35)44)40-27-22-34(23-28-40)24-29-41-30-36(43(32-46)47-2)31-45(49-41,37-14-5-3-6-15-37)38-16-7-4-8-17-38/h3-8,11,13-17,19-30H,9-10,12,18,31H2,1H3/b29-24+,43-36+. The van der Waals surface area contributed by atoms with Gasteiger partial charge in [-0.15, -0.1) is 0 Å². The van der Waals surface area contributed by atoms with E-state index in [4.69, 9.17) is 11.3 Å². The predicted molar refractivity (Wildman–Crippen MR) is 198 cm³/mol. The molecule has 2 aliphatic rings. The number of nitriles is 1. The molecule has 7 rings (SSSR count). The molecule has 0 aromatic heterocycles. The molecule has 0 fully saturated rings. The van der Waals surface area contributed by atoms with Crippen LogP contribution in [0.2, 0.25) is 0 Å².